The number of nitrogens with two attached hydrogens (primary N) is 1. The van der Waals surface area contributed by atoms with E-state index in [2.05, 4.69) is 15.3 Å². The molecular formula is C12H20N4O. The first-order valence-corrected chi connectivity index (χ1v) is 6.25. The molecular weight excluding hydrogens is 216 g/mol. The summed E-state index contributed by atoms with van der Waals surface area (Å²) in [6.45, 7) is 3.40. The van der Waals surface area contributed by atoms with E-state index in [1.807, 2.05) is 6.92 Å². The van der Waals surface area contributed by atoms with Crippen LogP contribution in [0.4, 0.5) is 0 Å². The van der Waals surface area contributed by atoms with E-state index in [1.165, 1.54) is 19.3 Å². The van der Waals surface area contributed by atoms with Gasteiger partial charge in [-0.05, 0) is 18.8 Å². The smallest absolute Gasteiger partial charge is 0.194 e. The van der Waals surface area contributed by atoms with Gasteiger partial charge in [-0.15, -0.1) is 0 Å². The van der Waals surface area contributed by atoms with Gasteiger partial charge in [-0.25, -0.2) is 9.98 Å². The lowest BCUT2D eigenvalue weighted by Gasteiger charge is -2.25. The fourth-order valence-corrected chi connectivity index (χ4v) is 1.75. The fourth-order valence-electron chi connectivity index (χ4n) is 1.75. The van der Waals surface area contributed by atoms with Crippen molar-refractivity contribution in [1.29, 1.82) is 0 Å². The zero-order chi connectivity index (χ0) is 12.1. The summed E-state index contributed by atoms with van der Waals surface area (Å²) in [4.78, 5) is 8.33. The second kappa shape index (κ2) is 5.70. The van der Waals surface area contributed by atoms with Crippen molar-refractivity contribution in [2.45, 2.75) is 39.2 Å². The molecule has 0 bridgehead atoms. The maximum absolute atomic E-state index is 5.76. The standard InChI is InChI=1S/C12H20N4O/c1-2-11-14-7-10(17-11)8-16-12(13)15-6-9-4-3-5-9/h7,9H,2-6,8H2,1H3,(H3,13,15,16). The van der Waals surface area contributed by atoms with Gasteiger partial charge in [0.1, 0.15) is 12.3 Å². The molecule has 3 N–H and O–H groups in total. The highest BCUT2D eigenvalue weighted by Crippen LogP contribution is 2.24. The minimum atomic E-state index is 0.455. The van der Waals surface area contributed by atoms with Crippen LogP contribution in [0.25, 0.3) is 0 Å². The highest BCUT2D eigenvalue weighted by molar-refractivity contribution is 5.77. The van der Waals surface area contributed by atoms with Crippen molar-refractivity contribution >= 4 is 5.96 Å². The number of aromatic nitrogens is 1. The average Bonchev–Trinajstić information content (AvgIpc) is 2.72. The van der Waals surface area contributed by atoms with Crippen molar-refractivity contribution in [3.05, 3.63) is 17.8 Å². The molecule has 0 unspecified atom stereocenters. The van der Waals surface area contributed by atoms with Crippen LogP contribution in [0.2, 0.25) is 0 Å². The molecule has 1 aliphatic rings. The number of rotatable bonds is 5. The predicted octanol–water partition coefficient (Wildman–Crippen LogP) is 1.44. The van der Waals surface area contributed by atoms with E-state index in [0.29, 0.717) is 12.5 Å². The van der Waals surface area contributed by atoms with Crippen LogP contribution < -0.4 is 11.1 Å². The molecule has 1 aromatic heterocycles. The third kappa shape index (κ3) is 3.47. The monoisotopic (exact) mass is 236 g/mol. The van der Waals surface area contributed by atoms with Crippen LogP contribution in [0.15, 0.2) is 15.6 Å². The van der Waals surface area contributed by atoms with Crippen LogP contribution in [-0.4, -0.2) is 17.5 Å². The number of hydrogen-bond acceptors (Lipinski definition) is 3. The number of aliphatic imine (C=N–C) groups is 1. The summed E-state index contributed by atoms with van der Waals surface area (Å²) in [5.41, 5.74) is 5.76. The molecule has 0 aliphatic heterocycles. The Labute approximate surface area is 102 Å². The molecule has 2 rings (SSSR count). The molecule has 1 heterocycles. The van der Waals surface area contributed by atoms with Gasteiger partial charge in [-0.1, -0.05) is 13.3 Å². The Balaban J connectivity index is 1.74. The Kier molecular flexibility index (Phi) is 4.01. The Morgan fingerprint density at radius 1 is 1.65 bits per heavy atom. The van der Waals surface area contributed by atoms with Gasteiger partial charge in [-0.2, -0.15) is 0 Å². The van der Waals surface area contributed by atoms with Crippen molar-refractivity contribution in [3.63, 3.8) is 0 Å². The highest BCUT2D eigenvalue weighted by Gasteiger charge is 2.16. The van der Waals surface area contributed by atoms with Crippen LogP contribution in [0.1, 0.15) is 37.8 Å². The molecule has 0 saturated heterocycles. The second-order valence-electron chi connectivity index (χ2n) is 4.45. The molecule has 0 radical (unpaired) electrons. The van der Waals surface area contributed by atoms with E-state index < -0.39 is 0 Å². The second-order valence-corrected chi connectivity index (χ2v) is 4.45. The molecule has 1 fully saturated rings. The lowest BCUT2D eigenvalue weighted by atomic mass is 9.85. The van der Waals surface area contributed by atoms with Crippen molar-refractivity contribution in [3.8, 4) is 0 Å². The molecule has 1 saturated carbocycles. The van der Waals surface area contributed by atoms with Gasteiger partial charge >= 0.3 is 0 Å². The molecule has 0 spiro atoms. The summed E-state index contributed by atoms with van der Waals surface area (Å²) in [6.07, 6.45) is 6.48. The Morgan fingerprint density at radius 3 is 3.06 bits per heavy atom. The summed E-state index contributed by atoms with van der Waals surface area (Å²) in [7, 11) is 0. The lowest BCUT2D eigenvalue weighted by Crippen LogP contribution is -2.37. The van der Waals surface area contributed by atoms with Crippen LogP contribution in [-0.2, 0) is 13.0 Å². The van der Waals surface area contributed by atoms with Crippen LogP contribution >= 0.6 is 0 Å². The van der Waals surface area contributed by atoms with Crippen molar-refractivity contribution in [2.24, 2.45) is 16.6 Å². The minimum absolute atomic E-state index is 0.455. The molecule has 0 amide bonds. The summed E-state index contributed by atoms with van der Waals surface area (Å²) >= 11 is 0. The number of nitrogens with zero attached hydrogens (tertiary/aromatic N) is 2. The number of aryl methyl sites for hydroxylation is 1. The maximum atomic E-state index is 5.76. The molecule has 1 aliphatic carbocycles. The van der Waals surface area contributed by atoms with E-state index in [9.17, 15) is 0 Å². The topological polar surface area (TPSA) is 76.4 Å². The summed E-state index contributed by atoms with van der Waals surface area (Å²) in [5.74, 6) is 2.78. The third-order valence-electron chi connectivity index (χ3n) is 3.11. The molecule has 17 heavy (non-hydrogen) atoms. The zero-order valence-corrected chi connectivity index (χ0v) is 10.3. The molecule has 5 heteroatoms. The van der Waals surface area contributed by atoms with Crippen LogP contribution in [0.5, 0.6) is 0 Å². The maximum Gasteiger partial charge on any atom is 0.194 e. The molecule has 5 nitrogen and oxygen atoms in total. The number of guanidine groups is 1. The summed E-state index contributed by atoms with van der Waals surface area (Å²) in [6, 6.07) is 0. The average molecular weight is 236 g/mol. The first-order valence-electron chi connectivity index (χ1n) is 6.25. The van der Waals surface area contributed by atoms with Crippen LogP contribution in [0.3, 0.4) is 0 Å². The summed E-state index contributed by atoms with van der Waals surface area (Å²) in [5, 5.41) is 3.14. The van der Waals surface area contributed by atoms with Gasteiger partial charge in [-0.3, -0.25) is 0 Å². The Morgan fingerprint density at radius 2 is 2.47 bits per heavy atom. The Hall–Kier alpha value is -1.52. The highest BCUT2D eigenvalue weighted by atomic mass is 16.4. The SMILES string of the molecule is CCc1ncc(CN=C(N)NCC2CCC2)o1. The minimum Gasteiger partial charge on any atom is -0.444 e. The van der Waals surface area contributed by atoms with E-state index in [0.717, 1.165) is 30.5 Å². The first kappa shape index (κ1) is 12.0. The largest absolute Gasteiger partial charge is 0.444 e. The van der Waals surface area contributed by atoms with Crippen molar-refractivity contribution < 1.29 is 4.42 Å². The van der Waals surface area contributed by atoms with Gasteiger partial charge in [0.25, 0.3) is 0 Å². The van der Waals surface area contributed by atoms with Gasteiger partial charge in [0.15, 0.2) is 11.9 Å². The number of hydrogen-bond donors (Lipinski definition) is 2. The van der Waals surface area contributed by atoms with Gasteiger partial charge in [0.2, 0.25) is 0 Å². The molecule has 94 valence electrons. The van der Waals surface area contributed by atoms with E-state index in [1.54, 1.807) is 6.20 Å². The molecule has 1 aromatic rings. The summed E-state index contributed by atoms with van der Waals surface area (Å²) < 4.78 is 5.44. The number of oxazole rings is 1. The fraction of sp³-hybridized carbons (Fsp3) is 0.667. The zero-order valence-electron chi connectivity index (χ0n) is 10.3. The predicted molar refractivity (Wildman–Crippen MR) is 66.6 cm³/mol. The first-order chi connectivity index (χ1) is 8.28. The molecule has 0 aromatic carbocycles. The van der Waals surface area contributed by atoms with E-state index in [-0.39, 0.29) is 0 Å². The van der Waals surface area contributed by atoms with E-state index in [4.69, 9.17) is 10.2 Å². The van der Waals surface area contributed by atoms with Gasteiger partial charge < -0.3 is 15.5 Å². The van der Waals surface area contributed by atoms with Crippen LogP contribution in [0, 0.1) is 5.92 Å². The number of nitrogens with one attached hydrogen (secondary N) is 1. The normalized spacial score (nSPS) is 16.9. The van der Waals surface area contributed by atoms with Gasteiger partial charge in [0.05, 0.1) is 6.20 Å². The van der Waals surface area contributed by atoms with Crippen molar-refractivity contribution in [2.75, 3.05) is 6.54 Å². The van der Waals surface area contributed by atoms with Crippen molar-refractivity contribution in [1.82, 2.24) is 10.3 Å². The third-order valence-corrected chi connectivity index (χ3v) is 3.11. The quantitative estimate of drug-likeness (QED) is 0.599. The van der Waals surface area contributed by atoms with Gasteiger partial charge in [0, 0.05) is 13.0 Å². The molecule has 0 atom stereocenters. The van der Waals surface area contributed by atoms with E-state index >= 15 is 0 Å². The lowest BCUT2D eigenvalue weighted by molar-refractivity contribution is 0.315. The Bertz CT molecular complexity index is 382.